The Bertz CT molecular complexity index is 334. The molecule has 0 heterocycles. The molecule has 2 heteroatoms. The molecular weight excluding hydrogens is 186 g/mol. The smallest absolute Gasteiger partial charge is 0.144 e. The van der Waals surface area contributed by atoms with E-state index in [4.69, 9.17) is 4.74 Å². The van der Waals surface area contributed by atoms with Gasteiger partial charge in [-0.05, 0) is 36.5 Å². The van der Waals surface area contributed by atoms with Gasteiger partial charge in [-0.25, -0.2) is 0 Å². The summed E-state index contributed by atoms with van der Waals surface area (Å²) in [4.78, 5) is 0. The zero-order valence-corrected chi connectivity index (χ0v) is 10.3. The average Bonchev–Trinajstić information content (AvgIpc) is 2.26. The summed E-state index contributed by atoms with van der Waals surface area (Å²) >= 11 is 0. The molecule has 0 spiro atoms. The highest BCUT2D eigenvalue weighted by atomic mass is 16.5. The first-order chi connectivity index (χ1) is 7.13. The molecule has 0 amide bonds. The molecule has 84 valence electrons. The van der Waals surface area contributed by atoms with Crippen molar-refractivity contribution in [3.05, 3.63) is 23.3 Å². The molecule has 1 aromatic rings. The third-order valence-electron chi connectivity index (χ3n) is 2.95. The molecule has 0 saturated carbocycles. The molecule has 2 nitrogen and oxygen atoms in total. The number of hydrogen-bond acceptors (Lipinski definition) is 2. The molecule has 0 bridgehead atoms. The van der Waals surface area contributed by atoms with Crippen LogP contribution in [0.4, 0.5) is 5.69 Å². The summed E-state index contributed by atoms with van der Waals surface area (Å²) in [5.74, 6) is 1.55. The van der Waals surface area contributed by atoms with Gasteiger partial charge in [-0.1, -0.05) is 19.9 Å². The number of hydrogen-bond donors (Lipinski definition) is 1. The molecule has 0 aliphatic heterocycles. The van der Waals surface area contributed by atoms with Crippen LogP contribution >= 0.6 is 0 Å². The number of aryl methyl sites for hydroxylation is 1. The Labute approximate surface area is 92.6 Å². The second kappa shape index (κ2) is 5.06. The maximum absolute atomic E-state index is 5.37. The van der Waals surface area contributed by atoms with E-state index in [9.17, 15) is 0 Å². The van der Waals surface area contributed by atoms with Gasteiger partial charge in [-0.15, -0.1) is 0 Å². The summed E-state index contributed by atoms with van der Waals surface area (Å²) < 4.78 is 5.37. The number of rotatable bonds is 4. The second-order valence-electron chi connectivity index (χ2n) is 3.98. The lowest BCUT2D eigenvalue weighted by Gasteiger charge is -2.16. The molecule has 1 aromatic carbocycles. The summed E-state index contributed by atoms with van der Waals surface area (Å²) in [7, 11) is 3.64. The molecule has 1 N–H and O–H groups in total. The van der Waals surface area contributed by atoms with Crippen molar-refractivity contribution < 1.29 is 4.74 Å². The van der Waals surface area contributed by atoms with Crippen LogP contribution in [0.25, 0.3) is 0 Å². The number of benzene rings is 1. The lowest BCUT2D eigenvalue weighted by Crippen LogP contribution is -2.00. The highest BCUT2D eigenvalue weighted by molar-refractivity contribution is 5.61. The Morgan fingerprint density at radius 3 is 2.53 bits per heavy atom. The molecular formula is C13H21NO. The van der Waals surface area contributed by atoms with E-state index in [1.807, 2.05) is 7.05 Å². The van der Waals surface area contributed by atoms with Gasteiger partial charge in [0.2, 0.25) is 0 Å². The van der Waals surface area contributed by atoms with Gasteiger partial charge in [0.1, 0.15) is 5.75 Å². The zero-order valence-electron chi connectivity index (χ0n) is 10.3. The predicted molar refractivity (Wildman–Crippen MR) is 66.0 cm³/mol. The predicted octanol–water partition coefficient (Wildman–Crippen LogP) is 3.56. The minimum atomic E-state index is 0.599. The van der Waals surface area contributed by atoms with Crippen molar-refractivity contribution in [2.75, 3.05) is 19.5 Å². The van der Waals surface area contributed by atoms with Crippen molar-refractivity contribution in [3.63, 3.8) is 0 Å². The first kappa shape index (κ1) is 11.9. The van der Waals surface area contributed by atoms with E-state index in [2.05, 4.69) is 38.2 Å². The molecule has 15 heavy (non-hydrogen) atoms. The van der Waals surface area contributed by atoms with Gasteiger partial charge in [-0.3, -0.25) is 0 Å². The summed E-state index contributed by atoms with van der Waals surface area (Å²) in [6.45, 7) is 6.55. The minimum Gasteiger partial charge on any atom is -0.494 e. The van der Waals surface area contributed by atoms with Gasteiger partial charge in [0, 0.05) is 7.05 Å². The third-order valence-corrected chi connectivity index (χ3v) is 2.95. The number of anilines is 1. The Balaban J connectivity index is 3.19. The molecule has 1 rings (SSSR count). The van der Waals surface area contributed by atoms with E-state index in [0.717, 1.165) is 17.9 Å². The van der Waals surface area contributed by atoms with Crippen molar-refractivity contribution in [2.45, 2.75) is 33.1 Å². The van der Waals surface area contributed by atoms with Gasteiger partial charge in [-0.2, -0.15) is 0 Å². The normalized spacial score (nSPS) is 12.3. The van der Waals surface area contributed by atoms with Crippen LogP contribution in [0.15, 0.2) is 12.1 Å². The van der Waals surface area contributed by atoms with Gasteiger partial charge >= 0.3 is 0 Å². The Morgan fingerprint density at radius 1 is 1.40 bits per heavy atom. The zero-order chi connectivity index (χ0) is 11.4. The largest absolute Gasteiger partial charge is 0.494 e. The van der Waals surface area contributed by atoms with E-state index < -0.39 is 0 Å². The maximum atomic E-state index is 5.37. The lowest BCUT2D eigenvalue weighted by molar-refractivity contribution is 0.413. The van der Waals surface area contributed by atoms with E-state index in [1.54, 1.807) is 7.11 Å². The Kier molecular flexibility index (Phi) is 4.01. The van der Waals surface area contributed by atoms with E-state index in [1.165, 1.54) is 11.1 Å². The highest BCUT2D eigenvalue weighted by Gasteiger charge is 2.10. The van der Waals surface area contributed by atoms with Crippen LogP contribution in [-0.4, -0.2) is 14.2 Å². The summed E-state index contributed by atoms with van der Waals surface area (Å²) in [5.41, 5.74) is 3.65. The Hall–Kier alpha value is -1.18. The fraction of sp³-hybridized carbons (Fsp3) is 0.538. The third kappa shape index (κ3) is 2.44. The van der Waals surface area contributed by atoms with Gasteiger partial charge in [0.15, 0.2) is 0 Å². The van der Waals surface area contributed by atoms with Crippen molar-refractivity contribution in [1.82, 2.24) is 0 Å². The van der Waals surface area contributed by atoms with E-state index in [-0.39, 0.29) is 0 Å². The highest BCUT2D eigenvalue weighted by Crippen LogP contribution is 2.33. The van der Waals surface area contributed by atoms with Crippen molar-refractivity contribution in [2.24, 2.45) is 0 Å². The topological polar surface area (TPSA) is 21.3 Å². The number of methoxy groups -OCH3 is 1. The fourth-order valence-electron chi connectivity index (χ4n) is 1.78. The Morgan fingerprint density at radius 2 is 2.07 bits per heavy atom. The average molecular weight is 207 g/mol. The van der Waals surface area contributed by atoms with Gasteiger partial charge in [0.05, 0.1) is 12.8 Å². The van der Waals surface area contributed by atoms with Crippen LogP contribution < -0.4 is 10.1 Å². The van der Waals surface area contributed by atoms with E-state index in [0.29, 0.717) is 5.92 Å². The van der Waals surface area contributed by atoms with Crippen molar-refractivity contribution in [3.8, 4) is 5.75 Å². The lowest BCUT2D eigenvalue weighted by atomic mass is 9.96. The van der Waals surface area contributed by atoms with Crippen molar-refractivity contribution >= 4 is 5.69 Å². The van der Waals surface area contributed by atoms with Crippen LogP contribution in [0.3, 0.4) is 0 Å². The fourth-order valence-corrected chi connectivity index (χ4v) is 1.78. The molecule has 1 atom stereocenters. The number of ether oxygens (including phenoxy) is 1. The minimum absolute atomic E-state index is 0.599. The summed E-state index contributed by atoms with van der Waals surface area (Å²) in [6, 6.07) is 4.40. The summed E-state index contributed by atoms with van der Waals surface area (Å²) in [5, 5.41) is 3.18. The quantitative estimate of drug-likeness (QED) is 0.815. The molecule has 0 aromatic heterocycles. The molecule has 0 radical (unpaired) electrons. The van der Waals surface area contributed by atoms with Crippen molar-refractivity contribution in [1.29, 1.82) is 0 Å². The summed E-state index contributed by atoms with van der Waals surface area (Å²) in [6.07, 6.45) is 1.16. The number of nitrogens with one attached hydrogen (secondary N) is 1. The molecule has 1 unspecified atom stereocenters. The van der Waals surface area contributed by atoms with Crippen LogP contribution in [0.2, 0.25) is 0 Å². The first-order valence-electron chi connectivity index (χ1n) is 5.50. The maximum Gasteiger partial charge on any atom is 0.144 e. The van der Waals surface area contributed by atoms with Crippen LogP contribution in [0, 0.1) is 6.92 Å². The van der Waals surface area contributed by atoms with Crippen LogP contribution in [0.5, 0.6) is 5.75 Å². The molecule has 0 saturated heterocycles. The van der Waals surface area contributed by atoms with Gasteiger partial charge in [0.25, 0.3) is 0 Å². The molecule has 0 aliphatic carbocycles. The van der Waals surface area contributed by atoms with Crippen LogP contribution in [-0.2, 0) is 0 Å². The first-order valence-corrected chi connectivity index (χ1v) is 5.50. The SMILES string of the molecule is CCC(C)c1cc(C)c(OC)c(NC)c1. The van der Waals surface area contributed by atoms with Crippen LogP contribution in [0.1, 0.15) is 37.3 Å². The van der Waals surface area contributed by atoms with Gasteiger partial charge < -0.3 is 10.1 Å². The molecule has 0 fully saturated rings. The second-order valence-corrected chi connectivity index (χ2v) is 3.98. The van der Waals surface area contributed by atoms with E-state index >= 15 is 0 Å². The molecule has 0 aliphatic rings. The monoisotopic (exact) mass is 207 g/mol. The standard InChI is InChI=1S/C13H21NO/c1-6-9(2)11-7-10(3)13(15-5)12(8-11)14-4/h7-9,14H,6H2,1-5H3.